The van der Waals surface area contributed by atoms with Crippen LogP contribution in [0.5, 0.6) is 17.2 Å². The van der Waals surface area contributed by atoms with Gasteiger partial charge in [0.25, 0.3) is 0 Å². The lowest BCUT2D eigenvalue weighted by Gasteiger charge is -2.19. The highest BCUT2D eigenvalue weighted by Crippen LogP contribution is 2.36. The van der Waals surface area contributed by atoms with Crippen molar-refractivity contribution < 1.29 is 11.4 Å². The molecule has 0 spiro atoms. The second-order valence-electron chi connectivity index (χ2n) is 10.6. The molecule has 0 atom stereocenters. The summed E-state index contributed by atoms with van der Waals surface area (Å²) in [4.78, 5) is 9.55. The van der Waals surface area contributed by atoms with E-state index in [1.165, 1.54) is 0 Å². The van der Waals surface area contributed by atoms with E-state index >= 15 is 0 Å². The van der Waals surface area contributed by atoms with E-state index in [1.807, 2.05) is 92.7 Å². The number of rotatable bonds is 8. The Hall–Kier alpha value is -5.15. The topological polar surface area (TPSA) is 53.5 Å². The second kappa shape index (κ2) is 12.2. The van der Waals surface area contributed by atoms with E-state index in [9.17, 15) is 0 Å². The summed E-state index contributed by atoms with van der Waals surface area (Å²) in [5.74, 6) is 1.90. The van der Waals surface area contributed by atoms with Crippen LogP contribution in [-0.4, -0.2) is 25.1 Å². The summed E-state index contributed by atoms with van der Waals surface area (Å²) in [6.07, 6.45) is 0. The Morgan fingerprint density at radius 3 is 1.52 bits per heavy atom. The van der Waals surface area contributed by atoms with Gasteiger partial charge in [0, 0.05) is 22.2 Å². The Bertz CT molecular complexity index is 2000. The molecule has 0 radical (unpaired) electrons. The van der Waals surface area contributed by atoms with Crippen molar-refractivity contribution in [2.75, 3.05) is 0 Å². The molecular formula is C38H29AlN2O3. The maximum absolute atomic E-state index is 6.67. The molecule has 44 heavy (non-hydrogen) atoms. The molecule has 0 saturated heterocycles. The molecule has 7 rings (SSSR count). The van der Waals surface area contributed by atoms with Crippen LogP contribution in [0, 0.1) is 13.8 Å². The standard InChI is InChI=1S/C18H14O.2C10H9NO.Al/c19-16-11-12-17(14-7-3-1-4-8-14)18(13-16)15-9-5-2-6-10-15;2*1-7-5-6-8-3-2-4-9(12)10(8)11-7;/h1-13,19H;2*2-6,12H,1H3;/q;;;+3/p-3. The third-order valence-corrected chi connectivity index (χ3v) is 8.84. The van der Waals surface area contributed by atoms with Crippen molar-refractivity contribution in [2.24, 2.45) is 0 Å². The van der Waals surface area contributed by atoms with E-state index in [-0.39, 0.29) is 0 Å². The van der Waals surface area contributed by atoms with Crippen molar-refractivity contribution in [1.29, 1.82) is 0 Å². The summed E-state index contributed by atoms with van der Waals surface area (Å²) in [6.45, 7) is 3.95. The van der Waals surface area contributed by atoms with Gasteiger partial charge in [-0.05, 0) is 72.5 Å². The fraction of sp³-hybridized carbons (Fsp3) is 0.0526. The first kappa shape index (κ1) is 27.7. The third-order valence-electron chi connectivity index (χ3n) is 7.48. The van der Waals surface area contributed by atoms with E-state index in [1.54, 1.807) is 0 Å². The Kier molecular flexibility index (Phi) is 7.69. The van der Waals surface area contributed by atoms with Crippen LogP contribution >= 0.6 is 0 Å². The van der Waals surface area contributed by atoms with E-state index in [4.69, 9.17) is 21.3 Å². The molecule has 0 bridgehead atoms. The van der Waals surface area contributed by atoms with Gasteiger partial charge in [0.1, 0.15) is 22.5 Å². The molecule has 5 aromatic carbocycles. The molecule has 0 amide bonds. The number of aryl methyl sites for hydroxylation is 2. The van der Waals surface area contributed by atoms with Gasteiger partial charge in [-0.15, -0.1) is 0 Å². The van der Waals surface area contributed by atoms with Crippen LogP contribution < -0.4 is 11.4 Å². The summed E-state index contributed by atoms with van der Waals surface area (Å²) in [5, 5.41) is 1.98. The number of hydrogen-bond donors (Lipinski definition) is 0. The quantitative estimate of drug-likeness (QED) is 0.166. The maximum atomic E-state index is 6.67. The van der Waals surface area contributed by atoms with E-state index < -0.39 is 15.1 Å². The first-order valence-electron chi connectivity index (χ1n) is 14.6. The normalized spacial score (nSPS) is 11.0. The predicted molar refractivity (Wildman–Crippen MR) is 178 cm³/mol. The fourth-order valence-corrected chi connectivity index (χ4v) is 6.65. The van der Waals surface area contributed by atoms with Crippen LogP contribution in [-0.2, 0) is 0 Å². The highest BCUT2D eigenvalue weighted by Gasteiger charge is 2.45. The van der Waals surface area contributed by atoms with E-state index in [0.29, 0.717) is 17.2 Å². The van der Waals surface area contributed by atoms with Crippen molar-refractivity contribution in [3.05, 3.63) is 151 Å². The van der Waals surface area contributed by atoms with Crippen molar-refractivity contribution in [1.82, 2.24) is 9.97 Å². The van der Waals surface area contributed by atoms with Gasteiger partial charge >= 0.3 is 15.1 Å². The molecule has 0 saturated carbocycles. The highest BCUT2D eigenvalue weighted by molar-refractivity contribution is 6.40. The van der Waals surface area contributed by atoms with Gasteiger partial charge in [-0.2, -0.15) is 0 Å². The first-order valence-corrected chi connectivity index (χ1v) is 16.0. The minimum Gasteiger partial charge on any atom is -0.577 e. The van der Waals surface area contributed by atoms with Gasteiger partial charge in [-0.3, -0.25) is 0 Å². The second-order valence-corrected chi connectivity index (χ2v) is 11.9. The molecule has 0 unspecified atom stereocenters. The summed E-state index contributed by atoms with van der Waals surface area (Å²) in [5.41, 5.74) is 7.77. The van der Waals surface area contributed by atoms with Gasteiger partial charge in [-0.1, -0.05) is 103 Å². The Labute approximate surface area is 261 Å². The summed E-state index contributed by atoms with van der Waals surface area (Å²) < 4.78 is 19.9. The van der Waals surface area contributed by atoms with Crippen LogP contribution in [0.2, 0.25) is 0 Å². The van der Waals surface area contributed by atoms with Crippen molar-refractivity contribution >= 4 is 37.0 Å². The SMILES string of the molecule is Cc1ccc2cccc([O][Al]([O]c3ccc(-c4ccccc4)c(-c4ccccc4)c3)[O]c3cccc4ccc(C)nc34)c2n1. The zero-order valence-corrected chi connectivity index (χ0v) is 25.6. The Morgan fingerprint density at radius 1 is 0.455 bits per heavy atom. The van der Waals surface area contributed by atoms with Crippen LogP contribution in [0.1, 0.15) is 11.4 Å². The Morgan fingerprint density at radius 2 is 0.977 bits per heavy atom. The number of benzene rings is 5. The van der Waals surface area contributed by atoms with Gasteiger partial charge < -0.3 is 11.4 Å². The smallest absolute Gasteiger partial charge is 0.577 e. The molecule has 7 aromatic rings. The Balaban J connectivity index is 1.31. The van der Waals surface area contributed by atoms with Crippen LogP contribution in [0.15, 0.2) is 140 Å². The minimum absolute atomic E-state index is 0.622. The summed E-state index contributed by atoms with van der Waals surface area (Å²) >= 11 is -2.94. The van der Waals surface area contributed by atoms with Crippen molar-refractivity contribution in [3.63, 3.8) is 0 Å². The molecule has 5 nitrogen and oxygen atoms in total. The molecule has 0 aliphatic rings. The van der Waals surface area contributed by atoms with Crippen LogP contribution in [0.3, 0.4) is 0 Å². The number of hydrogen-bond acceptors (Lipinski definition) is 5. The number of nitrogens with zero attached hydrogens (tertiary/aromatic N) is 2. The van der Waals surface area contributed by atoms with Crippen molar-refractivity contribution in [3.8, 4) is 39.5 Å². The van der Waals surface area contributed by atoms with E-state index in [2.05, 4.69) is 60.7 Å². The van der Waals surface area contributed by atoms with Crippen molar-refractivity contribution in [2.45, 2.75) is 13.8 Å². The van der Waals surface area contributed by atoms with Gasteiger partial charge in [0.15, 0.2) is 0 Å². The summed E-state index contributed by atoms with van der Waals surface area (Å²) in [7, 11) is 0. The molecule has 2 aromatic heterocycles. The maximum Gasteiger partial charge on any atom is 1.20 e. The molecule has 0 N–H and O–H groups in total. The largest absolute Gasteiger partial charge is 1.20 e. The van der Waals surface area contributed by atoms with E-state index in [0.717, 1.165) is 55.4 Å². The molecule has 0 aliphatic heterocycles. The zero-order chi connectivity index (χ0) is 29.9. The minimum atomic E-state index is -2.94. The first-order chi connectivity index (χ1) is 21.6. The molecular weight excluding hydrogens is 559 g/mol. The molecule has 6 heteroatoms. The predicted octanol–water partition coefficient (Wildman–Crippen LogP) is 9.26. The van der Waals surface area contributed by atoms with Gasteiger partial charge in [0.05, 0.1) is 5.75 Å². The molecule has 0 fully saturated rings. The average Bonchev–Trinajstić information content (AvgIpc) is 3.06. The average molecular weight is 589 g/mol. The van der Waals surface area contributed by atoms with Crippen LogP contribution in [0.25, 0.3) is 44.1 Å². The van der Waals surface area contributed by atoms with Gasteiger partial charge in [0.2, 0.25) is 0 Å². The monoisotopic (exact) mass is 588 g/mol. The number of fused-ring (bicyclic) bond motifs is 2. The number of aromatic nitrogens is 2. The zero-order valence-electron chi connectivity index (χ0n) is 24.5. The lowest BCUT2D eigenvalue weighted by Crippen LogP contribution is -2.37. The molecule has 212 valence electrons. The third kappa shape index (κ3) is 5.87. The fourth-order valence-electron chi connectivity index (χ4n) is 5.34. The molecule has 2 heterocycles. The summed E-state index contributed by atoms with van der Waals surface area (Å²) in [6, 6.07) is 46.8. The lowest BCUT2D eigenvalue weighted by atomic mass is 9.94. The lowest BCUT2D eigenvalue weighted by molar-refractivity contribution is 0.310. The highest BCUT2D eigenvalue weighted by atomic mass is 27.3. The van der Waals surface area contributed by atoms with Crippen LogP contribution in [0.4, 0.5) is 0 Å². The van der Waals surface area contributed by atoms with Gasteiger partial charge in [-0.25, -0.2) is 9.97 Å². The number of para-hydroxylation sites is 2. The molecule has 0 aliphatic carbocycles. The number of pyridine rings is 2.